The number of fused-ring (bicyclic) bond motifs is 10. The standard InChI is InChI=1S/C30H24N2O2/c33-30-28-24(17-31-30)27-22-12-6-7-13-25(22)32(14-15-34-18-19-8-2-1-3-9-19)29(27)23-16-20-10-4-5-11-21(20)26(23)28/h1-13H,14-18H2,(H,31,33). The number of ether oxygens (including phenoxy) is 1. The molecule has 5 aromatic rings. The molecule has 34 heavy (non-hydrogen) atoms. The summed E-state index contributed by atoms with van der Waals surface area (Å²) in [6.45, 7) is 2.58. The molecule has 2 aliphatic rings. The zero-order valence-corrected chi connectivity index (χ0v) is 18.8. The molecule has 166 valence electrons. The number of para-hydroxylation sites is 1. The molecule has 1 aliphatic heterocycles. The van der Waals surface area contributed by atoms with Gasteiger partial charge in [0.05, 0.1) is 24.3 Å². The summed E-state index contributed by atoms with van der Waals surface area (Å²) in [7, 11) is 0. The molecule has 7 rings (SSSR count). The van der Waals surface area contributed by atoms with Gasteiger partial charge < -0.3 is 14.6 Å². The van der Waals surface area contributed by atoms with Crippen molar-refractivity contribution in [2.75, 3.05) is 6.61 Å². The van der Waals surface area contributed by atoms with Crippen molar-refractivity contribution in [1.29, 1.82) is 0 Å². The van der Waals surface area contributed by atoms with E-state index in [0.717, 1.165) is 29.7 Å². The molecule has 0 unspecified atom stereocenters. The summed E-state index contributed by atoms with van der Waals surface area (Å²) >= 11 is 0. The van der Waals surface area contributed by atoms with Crippen LogP contribution in [0.25, 0.3) is 32.9 Å². The Balaban J connectivity index is 1.41. The molecule has 1 amide bonds. The highest BCUT2D eigenvalue weighted by Gasteiger charge is 2.35. The molecule has 1 aliphatic carbocycles. The molecule has 4 aromatic carbocycles. The van der Waals surface area contributed by atoms with Gasteiger partial charge in [-0.15, -0.1) is 0 Å². The lowest BCUT2D eigenvalue weighted by Crippen LogP contribution is -2.13. The van der Waals surface area contributed by atoms with Crippen LogP contribution >= 0.6 is 0 Å². The van der Waals surface area contributed by atoms with Crippen LogP contribution in [0.1, 0.15) is 32.6 Å². The van der Waals surface area contributed by atoms with E-state index in [-0.39, 0.29) is 5.91 Å². The summed E-state index contributed by atoms with van der Waals surface area (Å²) in [6, 6.07) is 27.4. The van der Waals surface area contributed by atoms with E-state index in [4.69, 9.17) is 4.74 Å². The van der Waals surface area contributed by atoms with Crippen LogP contribution in [0.5, 0.6) is 0 Å². The summed E-state index contributed by atoms with van der Waals surface area (Å²) in [5.41, 5.74) is 10.5. The predicted molar refractivity (Wildman–Crippen MR) is 135 cm³/mol. The second-order valence-corrected chi connectivity index (χ2v) is 9.15. The molecule has 0 bridgehead atoms. The highest BCUT2D eigenvalue weighted by Crippen LogP contribution is 2.48. The Morgan fingerprint density at radius 1 is 0.853 bits per heavy atom. The predicted octanol–water partition coefficient (Wildman–Crippen LogP) is 5.83. The lowest BCUT2D eigenvalue weighted by atomic mass is 9.92. The van der Waals surface area contributed by atoms with Crippen LogP contribution < -0.4 is 5.32 Å². The van der Waals surface area contributed by atoms with E-state index in [1.807, 2.05) is 18.2 Å². The maximum atomic E-state index is 13.0. The minimum absolute atomic E-state index is 0.0490. The number of carbonyl (C=O) groups is 1. The number of hydrogen-bond acceptors (Lipinski definition) is 2. The van der Waals surface area contributed by atoms with Gasteiger partial charge in [0.25, 0.3) is 5.91 Å². The average molecular weight is 445 g/mol. The molecule has 0 fully saturated rings. The van der Waals surface area contributed by atoms with Gasteiger partial charge in [0.1, 0.15) is 0 Å². The smallest absolute Gasteiger partial charge is 0.252 e. The van der Waals surface area contributed by atoms with E-state index >= 15 is 0 Å². The van der Waals surface area contributed by atoms with Crippen molar-refractivity contribution < 1.29 is 9.53 Å². The molecular formula is C30H24N2O2. The molecule has 0 saturated heterocycles. The highest BCUT2D eigenvalue weighted by molar-refractivity contribution is 6.20. The van der Waals surface area contributed by atoms with Crippen molar-refractivity contribution in [3.8, 4) is 11.1 Å². The number of hydrogen-bond donors (Lipinski definition) is 1. The normalized spacial score (nSPS) is 13.8. The van der Waals surface area contributed by atoms with Crippen LogP contribution in [0.3, 0.4) is 0 Å². The van der Waals surface area contributed by atoms with Crippen molar-refractivity contribution in [1.82, 2.24) is 9.88 Å². The van der Waals surface area contributed by atoms with Crippen LogP contribution in [0, 0.1) is 0 Å². The van der Waals surface area contributed by atoms with Crippen molar-refractivity contribution in [3.05, 3.63) is 107 Å². The molecule has 2 heterocycles. The molecule has 0 radical (unpaired) electrons. The van der Waals surface area contributed by atoms with Gasteiger partial charge in [-0.2, -0.15) is 0 Å². The van der Waals surface area contributed by atoms with Crippen LogP contribution in [-0.4, -0.2) is 17.1 Å². The third kappa shape index (κ3) is 2.79. The number of nitrogens with zero attached hydrogens (tertiary/aromatic N) is 1. The van der Waals surface area contributed by atoms with Crippen LogP contribution in [-0.2, 0) is 30.9 Å². The zero-order chi connectivity index (χ0) is 22.6. The number of aromatic nitrogens is 1. The zero-order valence-electron chi connectivity index (χ0n) is 18.8. The SMILES string of the molecule is O=C1NCc2c1c1c(c3c2c2ccccc2n3CCOCc2ccccc2)Cc2ccccc2-1. The van der Waals surface area contributed by atoms with E-state index in [0.29, 0.717) is 19.8 Å². The van der Waals surface area contributed by atoms with E-state index in [1.54, 1.807) is 0 Å². The molecule has 0 spiro atoms. The van der Waals surface area contributed by atoms with Gasteiger partial charge in [-0.25, -0.2) is 0 Å². The van der Waals surface area contributed by atoms with Crippen molar-refractivity contribution >= 4 is 27.7 Å². The minimum Gasteiger partial charge on any atom is -0.375 e. The number of rotatable bonds is 5. The fourth-order valence-corrected chi connectivity index (χ4v) is 5.88. The lowest BCUT2D eigenvalue weighted by Gasteiger charge is -2.14. The fraction of sp³-hybridized carbons (Fsp3) is 0.167. The maximum Gasteiger partial charge on any atom is 0.252 e. The van der Waals surface area contributed by atoms with Gasteiger partial charge in [-0.05, 0) is 33.9 Å². The first-order chi connectivity index (χ1) is 16.8. The molecule has 0 saturated carbocycles. The second kappa shape index (κ2) is 7.57. The third-order valence-corrected chi connectivity index (χ3v) is 7.29. The van der Waals surface area contributed by atoms with E-state index in [1.165, 1.54) is 44.1 Å². The summed E-state index contributed by atoms with van der Waals surface area (Å²) in [5, 5.41) is 5.54. The van der Waals surface area contributed by atoms with Crippen LogP contribution in [0.4, 0.5) is 0 Å². The van der Waals surface area contributed by atoms with Crippen molar-refractivity contribution in [2.24, 2.45) is 0 Å². The van der Waals surface area contributed by atoms with E-state index in [9.17, 15) is 4.79 Å². The Hall–Kier alpha value is -3.89. The van der Waals surface area contributed by atoms with Gasteiger partial charge in [0.15, 0.2) is 0 Å². The lowest BCUT2D eigenvalue weighted by molar-refractivity contribution is 0.0966. The average Bonchev–Trinajstić information content (AvgIpc) is 3.54. The van der Waals surface area contributed by atoms with Crippen LogP contribution in [0.2, 0.25) is 0 Å². The molecule has 0 atom stereocenters. The number of amides is 1. The number of benzene rings is 4. The summed E-state index contributed by atoms with van der Waals surface area (Å²) in [6.07, 6.45) is 0.851. The third-order valence-electron chi connectivity index (χ3n) is 7.29. The molecule has 4 heteroatoms. The molecule has 1 aromatic heterocycles. The first kappa shape index (κ1) is 19.6. The Morgan fingerprint density at radius 3 is 2.56 bits per heavy atom. The number of carbonyl (C=O) groups excluding carboxylic acids is 1. The Morgan fingerprint density at radius 2 is 1.65 bits per heavy atom. The molecule has 1 N–H and O–H groups in total. The first-order valence-corrected chi connectivity index (χ1v) is 11.9. The van der Waals surface area contributed by atoms with E-state index in [2.05, 4.69) is 70.5 Å². The minimum atomic E-state index is 0.0490. The molecule has 4 nitrogen and oxygen atoms in total. The van der Waals surface area contributed by atoms with Gasteiger partial charge in [-0.1, -0.05) is 72.8 Å². The monoisotopic (exact) mass is 444 g/mol. The summed E-state index contributed by atoms with van der Waals surface area (Å²) in [5.74, 6) is 0.0490. The van der Waals surface area contributed by atoms with Gasteiger partial charge in [0.2, 0.25) is 0 Å². The maximum absolute atomic E-state index is 13.0. The Bertz CT molecular complexity index is 1600. The van der Waals surface area contributed by atoms with Crippen molar-refractivity contribution in [3.63, 3.8) is 0 Å². The van der Waals surface area contributed by atoms with Gasteiger partial charge in [0, 0.05) is 41.4 Å². The number of nitrogens with one attached hydrogen (secondary N) is 1. The Labute approximate surface area is 197 Å². The first-order valence-electron chi connectivity index (χ1n) is 11.9. The Kier molecular flexibility index (Phi) is 4.36. The fourth-order valence-electron chi connectivity index (χ4n) is 5.88. The van der Waals surface area contributed by atoms with Crippen molar-refractivity contribution in [2.45, 2.75) is 26.1 Å². The van der Waals surface area contributed by atoms with Gasteiger partial charge in [-0.3, -0.25) is 4.79 Å². The van der Waals surface area contributed by atoms with Gasteiger partial charge >= 0.3 is 0 Å². The largest absolute Gasteiger partial charge is 0.375 e. The van der Waals surface area contributed by atoms with E-state index < -0.39 is 0 Å². The van der Waals surface area contributed by atoms with Crippen LogP contribution in [0.15, 0.2) is 78.9 Å². The highest BCUT2D eigenvalue weighted by atomic mass is 16.5. The molecular weight excluding hydrogens is 420 g/mol. The quantitative estimate of drug-likeness (QED) is 0.340. The topological polar surface area (TPSA) is 43.3 Å². The summed E-state index contributed by atoms with van der Waals surface area (Å²) in [4.78, 5) is 13.0. The second-order valence-electron chi connectivity index (χ2n) is 9.15. The summed E-state index contributed by atoms with van der Waals surface area (Å²) < 4.78 is 8.51.